The maximum atomic E-state index is 13.5. The third-order valence-electron chi connectivity index (χ3n) is 7.39. The van der Waals surface area contributed by atoms with Gasteiger partial charge in [0.2, 0.25) is 0 Å². The van der Waals surface area contributed by atoms with E-state index in [0.717, 1.165) is 50.7 Å². The first-order valence-electron chi connectivity index (χ1n) is 12.2. The lowest BCUT2D eigenvalue weighted by Crippen LogP contribution is -2.45. The van der Waals surface area contributed by atoms with E-state index in [1.165, 1.54) is 12.5 Å². The molecule has 2 aromatic rings. The van der Waals surface area contributed by atoms with E-state index in [1.54, 1.807) is 6.07 Å². The van der Waals surface area contributed by atoms with Crippen LogP contribution in [-0.4, -0.2) is 27.7 Å². The molecule has 186 valence electrons. The van der Waals surface area contributed by atoms with E-state index in [4.69, 9.17) is 11.6 Å². The first-order valence-corrected chi connectivity index (χ1v) is 12.6. The highest BCUT2D eigenvalue weighted by atomic mass is 35.5. The first kappa shape index (κ1) is 25.1. The number of halogens is 4. The van der Waals surface area contributed by atoms with Crippen molar-refractivity contribution in [1.82, 2.24) is 9.88 Å². The molecular weight excluding hydrogens is 465 g/mol. The van der Waals surface area contributed by atoms with E-state index in [0.29, 0.717) is 42.3 Å². The van der Waals surface area contributed by atoms with Crippen LogP contribution in [0.15, 0.2) is 24.3 Å². The van der Waals surface area contributed by atoms with Crippen molar-refractivity contribution in [3.05, 3.63) is 46.1 Å². The van der Waals surface area contributed by atoms with Gasteiger partial charge in [-0.3, -0.25) is 4.79 Å². The molecule has 0 aliphatic heterocycles. The van der Waals surface area contributed by atoms with E-state index >= 15 is 0 Å². The van der Waals surface area contributed by atoms with Gasteiger partial charge in [0, 0.05) is 22.8 Å². The Labute approximate surface area is 203 Å². The van der Waals surface area contributed by atoms with Gasteiger partial charge in [0.05, 0.1) is 29.0 Å². The number of alkyl halides is 3. The minimum atomic E-state index is -4.49. The zero-order valence-corrected chi connectivity index (χ0v) is 20.2. The number of benzene rings is 1. The Morgan fingerprint density at radius 1 is 1.09 bits per heavy atom. The summed E-state index contributed by atoms with van der Waals surface area (Å²) in [4.78, 5) is 13.2. The van der Waals surface area contributed by atoms with Gasteiger partial charge in [-0.15, -0.1) is 0 Å². The molecule has 1 aromatic heterocycles. The molecule has 4 rings (SSSR count). The number of aliphatic hydroxyl groups excluding tert-OH is 1. The van der Waals surface area contributed by atoms with Crippen LogP contribution in [-0.2, 0) is 12.7 Å². The number of aromatic nitrogens is 1. The van der Waals surface area contributed by atoms with Crippen molar-refractivity contribution in [2.75, 3.05) is 0 Å². The normalized spacial score (nSPS) is 22.1. The molecule has 34 heavy (non-hydrogen) atoms. The number of hydrogen-bond donors (Lipinski definition) is 2. The largest absolute Gasteiger partial charge is 0.416 e. The molecule has 0 radical (unpaired) electrons. The zero-order valence-electron chi connectivity index (χ0n) is 19.4. The van der Waals surface area contributed by atoms with Gasteiger partial charge in [-0.1, -0.05) is 43.7 Å². The van der Waals surface area contributed by atoms with Gasteiger partial charge in [-0.2, -0.15) is 13.2 Å². The summed E-state index contributed by atoms with van der Waals surface area (Å²) in [6.07, 6.45) is 3.74. The number of nitrogens with one attached hydrogen (secondary N) is 1. The van der Waals surface area contributed by atoms with Crippen LogP contribution in [0.1, 0.15) is 79.4 Å². The van der Waals surface area contributed by atoms with E-state index in [-0.39, 0.29) is 22.5 Å². The van der Waals surface area contributed by atoms with Crippen molar-refractivity contribution >= 4 is 17.5 Å². The van der Waals surface area contributed by atoms with Gasteiger partial charge in [0.25, 0.3) is 5.91 Å². The average Bonchev–Trinajstić information content (AvgIpc) is 3.11. The number of carbonyl (C=O) groups is 1. The average molecular weight is 497 g/mol. The predicted octanol–water partition coefficient (Wildman–Crippen LogP) is 6.75. The second kappa shape index (κ2) is 10.3. The first-order chi connectivity index (χ1) is 16.1. The highest BCUT2D eigenvalue weighted by Gasteiger charge is 2.32. The molecule has 1 aromatic carbocycles. The molecular formula is C26H32ClF3N2O2. The maximum absolute atomic E-state index is 13.5. The number of aliphatic hydroxyl groups is 1. The summed E-state index contributed by atoms with van der Waals surface area (Å²) in [6.45, 7) is 2.47. The Hall–Kier alpha value is -1.99. The number of amides is 1. The smallest absolute Gasteiger partial charge is 0.391 e. The van der Waals surface area contributed by atoms with E-state index < -0.39 is 17.8 Å². The van der Waals surface area contributed by atoms with Crippen molar-refractivity contribution in [3.8, 4) is 11.3 Å². The van der Waals surface area contributed by atoms with Crippen LogP contribution in [0.3, 0.4) is 0 Å². The van der Waals surface area contributed by atoms with Gasteiger partial charge in [-0.25, -0.2) is 0 Å². The van der Waals surface area contributed by atoms with Crippen molar-refractivity contribution < 1.29 is 23.1 Å². The number of rotatable bonds is 5. The molecule has 2 saturated carbocycles. The standard InChI is InChI=1S/C26H32ClF3N2O2/c1-16-19(25(34)31-22-9-5-6-10-24(22)33)14-23(32(16)15-17-7-3-2-4-8-17)20-13-18(26(28,29)30)11-12-21(20)27/h11-14,17,22,24,33H,2-10,15H2,1H3,(H,31,34)/t22-,24?/m0/s1. The van der Waals surface area contributed by atoms with Crippen molar-refractivity contribution in [3.63, 3.8) is 0 Å². The van der Waals surface area contributed by atoms with Crippen molar-refractivity contribution in [2.24, 2.45) is 5.92 Å². The molecule has 0 saturated heterocycles. The summed E-state index contributed by atoms with van der Waals surface area (Å²) in [5, 5.41) is 13.5. The monoisotopic (exact) mass is 496 g/mol. The van der Waals surface area contributed by atoms with E-state index in [9.17, 15) is 23.1 Å². The Balaban J connectivity index is 1.73. The van der Waals surface area contributed by atoms with E-state index in [2.05, 4.69) is 5.32 Å². The molecule has 1 amide bonds. The van der Waals surface area contributed by atoms with Crippen LogP contribution in [0.4, 0.5) is 13.2 Å². The lowest BCUT2D eigenvalue weighted by atomic mass is 9.89. The molecule has 4 nitrogen and oxygen atoms in total. The molecule has 2 aliphatic rings. The Morgan fingerprint density at radius 2 is 1.76 bits per heavy atom. The van der Waals surface area contributed by atoms with Crippen LogP contribution in [0.2, 0.25) is 5.02 Å². The molecule has 2 fully saturated rings. The minimum Gasteiger partial charge on any atom is -0.391 e. The Kier molecular flexibility index (Phi) is 7.63. The quantitative estimate of drug-likeness (QED) is 0.481. The molecule has 0 spiro atoms. The highest BCUT2D eigenvalue weighted by Crippen LogP contribution is 2.38. The summed E-state index contributed by atoms with van der Waals surface area (Å²) in [7, 11) is 0. The highest BCUT2D eigenvalue weighted by molar-refractivity contribution is 6.33. The summed E-state index contributed by atoms with van der Waals surface area (Å²) in [6, 6.07) is 4.66. The maximum Gasteiger partial charge on any atom is 0.416 e. The van der Waals surface area contributed by atoms with Crippen LogP contribution in [0, 0.1) is 12.8 Å². The topological polar surface area (TPSA) is 54.3 Å². The molecule has 2 aliphatic carbocycles. The predicted molar refractivity (Wildman–Crippen MR) is 127 cm³/mol. The summed E-state index contributed by atoms with van der Waals surface area (Å²) in [5.41, 5.74) is 1.14. The van der Waals surface area contributed by atoms with Crippen molar-refractivity contribution in [1.29, 1.82) is 0 Å². The second-order valence-corrected chi connectivity index (χ2v) is 10.2. The molecule has 2 atom stereocenters. The molecule has 8 heteroatoms. The van der Waals surface area contributed by atoms with Crippen LogP contribution < -0.4 is 5.32 Å². The molecule has 1 unspecified atom stereocenters. The number of carbonyl (C=O) groups excluding carboxylic acids is 1. The second-order valence-electron chi connectivity index (χ2n) is 9.77. The molecule has 0 bridgehead atoms. The van der Waals surface area contributed by atoms with Gasteiger partial charge in [0.15, 0.2) is 0 Å². The van der Waals surface area contributed by atoms with E-state index in [1.807, 2.05) is 11.5 Å². The summed E-state index contributed by atoms with van der Waals surface area (Å²) < 4.78 is 42.3. The van der Waals surface area contributed by atoms with Crippen LogP contribution in [0.5, 0.6) is 0 Å². The summed E-state index contributed by atoms with van der Waals surface area (Å²) in [5.74, 6) is 0.0921. The minimum absolute atomic E-state index is 0.213. The third-order valence-corrected chi connectivity index (χ3v) is 7.72. The fourth-order valence-electron chi connectivity index (χ4n) is 5.39. The lowest BCUT2D eigenvalue weighted by Gasteiger charge is -2.28. The van der Waals surface area contributed by atoms with Gasteiger partial charge >= 0.3 is 6.18 Å². The molecule has 2 N–H and O–H groups in total. The lowest BCUT2D eigenvalue weighted by molar-refractivity contribution is -0.137. The van der Waals surface area contributed by atoms with Crippen LogP contribution in [0.25, 0.3) is 11.3 Å². The fourth-order valence-corrected chi connectivity index (χ4v) is 5.60. The number of nitrogens with zero attached hydrogens (tertiary/aromatic N) is 1. The summed E-state index contributed by atoms with van der Waals surface area (Å²) >= 11 is 6.40. The van der Waals surface area contributed by atoms with Gasteiger partial charge < -0.3 is 15.0 Å². The number of hydrogen-bond acceptors (Lipinski definition) is 2. The van der Waals surface area contributed by atoms with Crippen molar-refractivity contribution in [2.45, 2.75) is 89.6 Å². The Morgan fingerprint density at radius 3 is 2.44 bits per heavy atom. The van der Waals surface area contributed by atoms with Crippen LogP contribution >= 0.6 is 11.6 Å². The molecule has 1 heterocycles. The van der Waals surface area contributed by atoms with Gasteiger partial charge in [0.1, 0.15) is 0 Å². The third kappa shape index (κ3) is 5.46. The fraction of sp³-hybridized carbons (Fsp3) is 0.577. The van der Waals surface area contributed by atoms with Gasteiger partial charge in [-0.05, 0) is 62.8 Å². The SMILES string of the molecule is Cc1c(C(=O)N[C@H]2CCCCC2O)cc(-c2cc(C(F)(F)F)ccc2Cl)n1CC1CCCCC1. The zero-order chi connectivity index (χ0) is 24.5. The Bertz CT molecular complexity index is 1030.